The molecule has 0 amide bonds. The van der Waals surface area contributed by atoms with E-state index in [-0.39, 0.29) is 0 Å². The molecule has 0 atom stereocenters. The summed E-state index contributed by atoms with van der Waals surface area (Å²) in [6, 6.07) is 7.99. The third kappa shape index (κ3) is 1.66. The Morgan fingerprint density at radius 1 is 1.46 bits per heavy atom. The number of amidine groups is 1. The fraction of sp³-hybridized carbons (Fsp3) is 0.125. The molecule has 13 heavy (non-hydrogen) atoms. The lowest BCUT2D eigenvalue weighted by molar-refractivity contribution is 0.349. The van der Waals surface area contributed by atoms with Gasteiger partial charge in [0.1, 0.15) is 0 Å². The van der Waals surface area contributed by atoms with Gasteiger partial charge in [-0.3, -0.25) is 5.01 Å². The third-order valence-corrected chi connectivity index (χ3v) is 2.27. The van der Waals surface area contributed by atoms with Gasteiger partial charge in [0.25, 0.3) is 0 Å². The smallest absolute Gasteiger partial charge is 0.172 e. The number of halogens is 1. The summed E-state index contributed by atoms with van der Waals surface area (Å²) in [5, 5.41) is 5.91. The summed E-state index contributed by atoms with van der Waals surface area (Å²) in [5.41, 5.74) is 6.60. The molecule has 4 nitrogen and oxygen atoms in total. The molecule has 0 aliphatic carbocycles. The van der Waals surface area contributed by atoms with Crippen LogP contribution in [0.25, 0.3) is 0 Å². The van der Waals surface area contributed by atoms with Crippen LogP contribution in [-0.4, -0.2) is 17.9 Å². The lowest BCUT2D eigenvalue weighted by Gasteiger charge is -2.11. The fourth-order valence-corrected chi connectivity index (χ4v) is 1.57. The first kappa shape index (κ1) is 8.52. The molecule has 2 N–H and O–H groups in total. The van der Waals surface area contributed by atoms with E-state index < -0.39 is 0 Å². The fourth-order valence-electron chi connectivity index (χ4n) is 1.17. The molecule has 1 aliphatic rings. The largest absolute Gasteiger partial charge is 0.274 e. The topological polar surface area (TPSA) is 39.7 Å². The Balaban J connectivity index is 2.35. The van der Waals surface area contributed by atoms with E-state index in [1.165, 1.54) is 0 Å². The van der Waals surface area contributed by atoms with Crippen molar-refractivity contribution in [2.75, 3.05) is 7.05 Å². The highest BCUT2D eigenvalue weighted by Crippen LogP contribution is 2.13. The van der Waals surface area contributed by atoms with Crippen molar-refractivity contribution >= 4 is 21.8 Å². The van der Waals surface area contributed by atoms with E-state index >= 15 is 0 Å². The summed E-state index contributed by atoms with van der Waals surface area (Å²) in [6.45, 7) is 0. The number of hydrazine groups is 2. The molecule has 0 aromatic heterocycles. The maximum absolute atomic E-state index is 4.09. The first-order chi connectivity index (χ1) is 6.27. The molecule has 1 aromatic carbocycles. The molecule has 0 radical (unpaired) electrons. The van der Waals surface area contributed by atoms with Gasteiger partial charge in [0.2, 0.25) is 0 Å². The summed E-state index contributed by atoms with van der Waals surface area (Å²) in [5.74, 6) is 0.876. The minimum atomic E-state index is 0.876. The van der Waals surface area contributed by atoms with E-state index in [4.69, 9.17) is 0 Å². The Labute approximate surface area is 84.7 Å². The summed E-state index contributed by atoms with van der Waals surface area (Å²) >= 11 is 3.41. The van der Waals surface area contributed by atoms with Crippen LogP contribution < -0.4 is 11.1 Å². The third-order valence-electron chi connectivity index (χ3n) is 1.78. The first-order valence-electron chi connectivity index (χ1n) is 3.85. The molecule has 2 rings (SSSR count). The Hall–Kier alpha value is -1.07. The Bertz CT molecular complexity index is 350. The highest BCUT2D eigenvalue weighted by molar-refractivity contribution is 9.10. The number of nitrogens with zero attached hydrogens (tertiary/aromatic N) is 2. The van der Waals surface area contributed by atoms with Crippen molar-refractivity contribution in [1.29, 1.82) is 0 Å². The van der Waals surface area contributed by atoms with Gasteiger partial charge in [0.15, 0.2) is 5.84 Å². The Morgan fingerprint density at radius 2 is 2.31 bits per heavy atom. The molecule has 0 unspecified atom stereocenters. The summed E-state index contributed by atoms with van der Waals surface area (Å²) in [4.78, 5) is 0. The van der Waals surface area contributed by atoms with Gasteiger partial charge in [0, 0.05) is 17.1 Å². The van der Waals surface area contributed by atoms with Crippen molar-refractivity contribution in [1.82, 2.24) is 16.1 Å². The normalized spacial score (nSPS) is 15.5. The molecule has 5 heteroatoms. The summed E-state index contributed by atoms with van der Waals surface area (Å²) in [6.07, 6.45) is 0. The van der Waals surface area contributed by atoms with Crippen LogP contribution in [0.1, 0.15) is 5.56 Å². The van der Waals surface area contributed by atoms with Crippen LogP contribution in [-0.2, 0) is 0 Å². The quantitative estimate of drug-likeness (QED) is 0.772. The van der Waals surface area contributed by atoms with E-state index in [2.05, 4.69) is 32.1 Å². The van der Waals surface area contributed by atoms with Crippen molar-refractivity contribution in [2.45, 2.75) is 0 Å². The van der Waals surface area contributed by atoms with Crippen LogP contribution in [0.15, 0.2) is 33.8 Å². The molecule has 0 saturated heterocycles. The van der Waals surface area contributed by atoms with Crippen LogP contribution in [0.4, 0.5) is 0 Å². The van der Waals surface area contributed by atoms with E-state index in [0.717, 1.165) is 15.9 Å². The molecule has 68 valence electrons. The molecular formula is C8H9BrN4. The van der Waals surface area contributed by atoms with Crippen LogP contribution >= 0.6 is 15.9 Å². The van der Waals surface area contributed by atoms with Crippen LogP contribution in [0.3, 0.4) is 0 Å². The zero-order valence-corrected chi connectivity index (χ0v) is 8.67. The lowest BCUT2D eigenvalue weighted by Crippen LogP contribution is -2.37. The second-order valence-corrected chi connectivity index (χ2v) is 3.64. The molecule has 1 aliphatic heterocycles. The van der Waals surface area contributed by atoms with Gasteiger partial charge < -0.3 is 0 Å². The molecule has 0 bridgehead atoms. The van der Waals surface area contributed by atoms with Crippen molar-refractivity contribution in [2.24, 2.45) is 5.10 Å². The van der Waals surface area contributed by atoms with Crippen molar-refractivity contribution in [3.8, 4) is 0 Å². The SMILES string of the molecule is CN1NNN=C1c1cccc(Br)c1. The second kappa shape index (κ2) is 3.35. The van der Waals surface area contributed by atoms with E-state index in [1.807, 2.05) is 36.3 Å². The molecule has 1 aromatic rings. The van der Waals surface area contributed by atoms with Gasteiger partial charge in [0.05, 0.1) is 0 Å². The maximum atomic E-state index is 4.09. The molecule has 0 spiro atoms. The number of rotatable bonds is 1. The molecular weight excluding hydrogens is 232 g/mol. The predicted octanol–water partition coefficient (Wildman–Crippen LogP) is 1.07. The van der Waals surface area contributed by atoms with Gasteiger partial charge in [-0.15, -0.1) is 10.6 Å². The average molecular weight is 241 g/mol. The van der Waals surface area contributed by atoms with E-state index in [9.17, 15) is 0 Å². The van der Waals surface area contributed by atoms with Crippen LogP contribution in [0.2, 0.25) is 0 Å². The maximum Gasteiger partial charge on any atom is 0.172 e. The number of nitrogens with one attached hydrogen (secondary N) is 2. The number of benzene rings is 1. The van der Waals surface area contributed by atoms with E-state index in [1.54, 1.807) is 0 Å². The second-order valence-electron chi connectivity index (χ2n) is 2.73. The minimum Gasteiger partial charge on any atom is -0.274 e. The molecule has 0 saturated carbocycles. The Morgan fingerprint density at radius 3 is 2.92 bits per heavy atom. The zero-order valence-electron chi connectivity index (χ0n) is 7.08. The molecule has 0 fully saturated rings. The van der Waals surface area contributed by atoms with Crippen LogP contribution in [0.5, 0.6) is 0 Å². The lowest BCUT2D eigenvalue weighted by atomic mass is 10.2. The summed E-state index contributed by atoms with van der Waals surface area (Å²) in [7, 11) is 1.90. The highest BCUT2D eigenvalue weighted by atomic mass is 79.9. The van der Waals surface area contributed by atoms with Gasteiger partial charge in [-0.05, 0) is 12.1 Å². The van der Waals surface area contributed by atoms with Crippen molar-refractivity contribution < 1.29 is 0 Å². The minimum absolute atomic E-state index is 0.876. The standard InChI is InChI=1S/C8H9BrN4/c1-13-8(10-11-12-13)6-3-2-4-7(9)5-6/h2-5,11-12H,1H3. The number of hydrogen-bond donors (Lipinski definition) is 2. The van der Waals surface area contributed by atoms with Gasteiger partial charge in [-0.1, -0.05) is 28.1 Å². The summed E-state index contributed by atoms with van der Waals surface area (Å²) < 4.78 is 1.05. The number of hydrazone groups is 1. The van der Waals surface area contributed by atoms with Crippen LogP contribution in [0, 0.1) is 0 Å². The van der Waals surface area contributed by atoms with Crippen molar-refractivity contribution in [3.05, 3.63) is 34.3 Å². The van der Waals surface area contributed by atoms with Gasteiger partial charge in [-0.2, -0.15) is 0 Å². The Kier molecular flexibility index (Phi) is 2.20. The van der Waals surface area contributed by atoms with Gasteiger partial charge in [-0.25, -0.2) is 5.53 Å². The van der Waals surface area contributed by atoms with E-state index in [0.29, 0.717) is 0 Å². The highest BCUT2D eigenvalue weighted by Gasteiger charge is 2.13. The monoisotopic (exact) mass is 240 g/mol. The predicted molar refractivity (Wildman–Crippen MR) is 54.7 cm³/mol. The molecule has 1 heterocycles. The van der Waals surface area contributed by atoms with Gasteiger partial charge >= 0.3 is 0 Å². The average Bonchev–Trinajstić information content (AvgIpc) is 2.51. The first-order valence-corrected chi connectivity index (χ1v) is 4.64. The van der Waals surface area contributed by atoms with Crippen molar-refractivity contribution in [3.63, 3.8) is 0 Å². The zero-order chi connectivity index (χ0) is 9.26. The number of hydrogen-bond acceptors (Lipinski definition) is 4.